The largest absolute Gasteiger partial charge is 0.416 e. The predicted molar refractivity (Wildman–Crippen MR) is 146 cm³/mol. The van der Waals surface area contributed by atoms with Crippen LogP contribution in [0.1, 0.15) is 27.2 Å². The molecule has 0 saturated carbocycles. The monoisotopic (exact) mass is 543 g/mol. The van der Waals surface area contributed by atoms with E-state index in [1.165, 1.54) is 28.9 Å². The summed E-state index contributed by atoms with van der Waals surface area (Å²) in [5, 5.41) is 3.15. The van der Waals surface area contributed by atoms with E-state index in [2.05, 4.69) is 25.3 Å². The third kappa shape index (κ3) is 5.68. The number of benzene rings is 2. The molecule has 5 aromatic rings. The van der Waals surface area contributed by atoms with E-state index in [1.54, 1.807) is 56.0 Å². The quantitative estimate of drug-likeness (QED) is 0.267. The van der Waals surface area contributed by atoms with Crippen LogP contribution in [-0.4, -0.2) is 37.5 Å². The zero-order valence-electron chi connectivity index (χ0n) is 21.8. The third-order valence-corrected chi connectivity index (χ3v) is 6.28. The van der Waals surface area contributed by atoms with Crippen molar-refractivity contribution in [2.45, 2.75) is 20.0 Å². The average Bonchev–Trinajstić information content (AvgIpc) is 3.39. The first-order chi connectivity index (χ1) is 19.1. The minimum Gasteiger partial charge on any atom is -0.324 e. The van der Waals surface area contributed by atoms with E-state index in [1.807, 2.05) is 19.1 Å². The smallest absolute Gasteiger partial charge is 0.324 e. The number of anilines is 3. The molecule has 1 amide bonds. The topological polar surface area (TPSA) is 88.8 Å². The van der Waals surface area contributed by atoms with E-state index >= 15 is 0 Å². The van der Waals surface area contributed by atoms with Gasteiger partial charge in [0, 0.05) is 60.0 Å². The minimum absolute atomic E-state index is 0.0868. The molecule has 3 heterocycles. The second kappa shape index (κ2) is 10.6. The van der Waals surface area contributed by atoms with Crippen LogP contribution in [0.15, 0.2) is 85.7 Å². The van der Waals surface area contributed by atoms with Crippen molar-refractivity contribution in [1.82, 2.24) is 24.5 Å². The number of carbonyl (C=O) groups is 1. The van der Waals surface area contributed by atoms with Gasteiger partial charge in [0.2, 0.25) is 5.95 Å². The van der Waals surface area contributed by atoms with Crippen LogP contribution in [0.5, 0.6) is 0 Å². The van der Waals surface area contributed by atoms with Crippen LogP contribution in [0.3, 0.4) is 0 Å². The lowest BCUT2D eigenvalue weighted by atomic mass is 10.1. The number of pyridine rings is 1. The van der Waals surface area contributed by atoms with Crippen LogP contribution < -0.4 is 10.2 Å². The molecule has 0 aliphatic heterocycles. The summed E-state index contributed by atoms with van der Waals surface area (Å²) in [7, 11) is 1.44. The zero-order valence-corrected chi connectivity index (χ0v) is 21.8. The number of amides is 1. The molecule has 8 nitrogen and oxygen atoms in total. The lowest BCUT2D eigenvalue weighted by Crippen LogP contribution is -2.27. The van der Waals surface area contributed by atoms with Crippen molar-refractivity contribution in [3.8, 4) is 16.9 Å². The molecule has 0 fully saturated rings. The van der Waals surface area contributed by atoms with E-state index in [4.69, 9.17) is 0 Å². The van der Waals surface area contributed by atoms with Crippen LogP contribution in [0.2, 0.25) is 0 Å². The molecule has 0 atom stereocenters. The van der Waals surface area contributed by atoms with Gasteiger partial charge in [0.25, 0.3) is 5.91 Å². The number of halogens is 3. The molecule has 0 spiro atoms. The molecule has 2 aromatic carbocycles. The van der Waals surface area contributed by atoms with Crippen molar-refractivity contribution in [3.05, 3.63) is 108 Å². The maximum Gasteiger partial charge on any atom is 0.416 e. The Labute approximate surface area is 228 Å². The first kappa shape index (κ1) is 26.5. The molecule has 3 aromatic heterocycles. The Morgan fingerprint density at radius 2 is 1.82 bits per heavy atom. The lowest BCUT2D eigenvalue weighted by molar-refractivity contribution is -0.137. The second-order valence-electron chi connectivity index (χ2n) is 9.18. The summed E-state index contributed by atoms with van der Waals surface area (Å²) in [6.45, 7) is 3.60. The number of rotatable bonds is 6. The van der Waals surface area contributed by atoms with Crippen LogP contribution >= 0.6 is 0 Å². The van der Waals surface area contributed by atoms with Crippen molar-refractivity contribution in [2.75, 3.05) is 17.3 Å². The van der Waals surface area contributed by atoms with Crippen LogP contribution in [-0.2, 0) is 6.18 Å². The third-order valence-electron chi connectivity index (χ3n) is 6.28. The molecule has 11 heteroatoms. The number of aryl methyl sites for hydroxylation is 2. The fourth-order valence-corrected chi connectivity index (χ4v) is 4.08. The number of nitrogens with one attached hydrogen (secondary N) is 1. The van der Waals surface area contributed by atoms with Gasteiger partial charge in [-0.2, -0.15) is 13.2 Å². The van der Waals surface area contributed by atoms with Crippen LogP contribution in [0.25, 0.3) is 16.9 Å². The van der Waals surface area contributed by atoms with Crippen LogP contribution in [0.4, 0.5) is 30.5 Å². The van der Waals surface area contributed by atoms with Crippen molar-refractivity contribution in [1.29, 1.82) is 0 Å². The highest BCUT2D eigenvalue weighted by Gasteiger charge is 2.32. The molecule has 5 rings (SSSR count). The van der Waals surface area contributed by atoms with Gasteiger partial charge in [0.05, 0.1) is 23.3 Å². The normalized spacial score (nSPS) is 11.3. The van der Waals surface area contributed by atoms with Crippen LogP contribution in [0, 0.1) is 13.8 Å². The highest BCUT2D eigenvalue weighted by Crippen LogP contribution is 2.34. The van der Waals surface area contributed by atoms with Gasteiger partial charge in [-0.1, -0.05) is 6.07 Å². The molecule has 0 bridgehead atoms. The number of aromatic nitrogens is 5. The predicted octanol–water partition coefficient (Wildman–Crippen LogP) is 6.38. The Balaban J connectivity index is 1.45. The van der Waals surface area contributed by atoms with Gasteiger partial charge in [0.15, 0.2) is 0 Å². The number of alkyl halides is 3. The number of hydrogen-bond acceptors (Lipinski definition) is 6. The van der Waals surface area contributed by atoms with E-state index < -0.39 is 17.6 Å². The molecule has 0 radical (unpaired) electrons. The summed E-state index contributed by atoms with van der Waals surface area (Å²) in [5.74, 6) is -0.166. The average molecular weight is 544 g/mol. The first-order valence-electron chi connectivity index (χ1n) is 12.2. The summed E-state index contributed by atoms with van der Waals surface area (Å²) in [6.07, 6.45) is 3.42. The van der Waals surface area contributed by atoms with Gasteiger partial charge in [-0.3, -0.25) is 9.78 Å². The fourth-order valence-electron chi connectivity index (χ4n) is 4.08. The number of carbonyl (C=O) groups excluding carboxylic acids is 1. The molecule has 1 N–H and O–H groups in total. The molecular formula is C29H24F3N7O. The van der Waals surface area contributed by atoms with Gasteiger partial charge in [-0.15, -0.1) is 0 Å². The van der Waals surface area contributed by atoms with Crippen molar-refractivity contribution < 1.29 is 18.0 Å². The van der Waals surface area contributed by atoms with Crippen molar-refractivity contribution in [2.24, 2.45) is 0 Å². The van der Waals surface area contributed by atoms with E-state index in [0.29, 0.717) is 23.0 Å². The summed E-state index contributed by atoms with van der Waals surface area (Å²) in [4.78, 5) is 31.7. The Hall–Kier alpha value is -5.06. The van der Waals surface area contributed by atoms with E-state index in [-0.39, 0.29) is 16.9 Å². The summed E-state index contributed by atoms with van der Waals surface area (Å²) in [5.41, 5.74) is 3.28. The van der Waals surface area contributed by atoms with Gasteiger partial charge in [-0.25, -0.2) is 15.0 Å². The maximum absolute atomic E-state index is 13.7. The Kier molecular flexibility index (Phi) is 7.03. The first-order valence-corrected chi connectivity index (χ1v) is 12.2. The molecule has 0 unspecified atom stereocenters. The summed E-state index contributed by atoms with van der Waals surface area (Å²) >= 11 is 0. The molecule has 0 aliphatic carbocycles. The number of hydrogen-bond donors (Lipinski definition) is 1. The highest BCUT2D eigenvalue weighted by molar-refractivity contribution is 6.06. The summed E-state index contributed by atoms with van der Waals surface area (Å²) in [6, 6.07) is 13.9. The standard InChI is InChI=1S/C29H24F3N7O/c1-18-6-7-20(11-26(18)37-28-34-10-8-25(36-28)21-5-4-9-33-15-21)27(40)38(3)23-12-22(29(30,31)32)13-24(14-23)39-16-19(2)35-17-39/h4-17H,1-3H3,(H,34,36,37). The minimum atomic E-state index is -4.60. The number of nitrogens with zero attached hydrogens (tertiary/aromatic N) is 6. The summed E-state index contributed by atoms with van der Waals surface area (Å²) < 4.78 is 42.7. The molecule has 0 saturated heterocycles. The Morgan fingerprint density at radius 1 is 1.00 bits per heavy atom. The lowest BCUT2D eigenvalue weighted by Gasteiger charge is -2.21. The Morgan fingerprint density at radius 3 is 2.52 bits per heavy atom. The molecule has 202 valence electrons. The SMILES string of the molecule is Cc1cn(-c2cc(N(C)C(=O)c3ccc(C)c(Nc4nccc(-c5cccnc5)n4)c3)cc(C(F)(F)F)c2)cn1. The maximum atomic E-state index is 13.7. The zero-order chi connectivity index (χ0) is 28.4. The fraction of sp³-hybridized carbons (Fsp3) is 0.138. The number of imidazole rings is 1. The van der Waals surface area contributed by atoms with Gasteiger partial charge in [-0.05, 0) is 67.9 Å². The molecule has 40 heavy (non-hydrogen) atoms. The molecule has 0 aliphatic rings. The van der Waals surface area contributed by atoms with Crippen molar-refractivity contribution >= 4 is 23.2 Å². The van der Waals surface area contributed by atoms with Gasteiger partial charge in [0.1, 0.15) is 0 Å². The molecular weight excluding hydrogens is 519 g/mol. The van der Waals surface area contributed by atoms with Gasteiger partial charge < -0.3 is 14.8 Å². The van der Waals surface area contributed by atoms with E-state index in [9.17, 15) is 18.0 Å². The Bertz CT molecular complexity index is 1680. The second-order valence-corrected chi connectivity index (χ2v) is 9.18. The van der Waals surface area contributed by atoms with Crippen molar-refractivity contribution in [3.63, 3.8) is 0 Å². The van der Waals surface area contributed by atoms with E-state index in [0.717, 1.165) is 23.3 Å². The van der Waals surface area contributed by atoms with Gasteiger partial charge >= 0.3 is 6.18 Å². The highest BCUT2D eigenvalue weighted by atomic mass is 19.4.